The van der Waals surface area contributed by atoms with Crippen molar-refractivity contribution in [3.8, 4) is 0 Å². The van der Waals surface area contributed by atoms with E-state index in [1.165, 1.54) is 24.8 Å². The van der Waals surface area contributed by atoms with Gasteiger partial charge in [-0.2, -0.15) is 0 Å². The van der Waals surface area contributed by atoms with E-state index in [4.69, 9.17) is 0 Å². The van der Waals surface area contributed by atoms with Gasteiger partial charge in [0, 0.05) is 37.1 Å². The molecule has 1 aliphatic heterocycles. The predicted octanol–water partition coefficient (Wildman–Crippen LogP) is 3.27. The van der Waals surface area contributed by atoms with E-state index >= 15 is 0 Å². The van der Waals surface area contributed by atoms with Gasteiger partial charge in [0.25, 0.3) is 0 Å². The van der Waals surface area contributed by atoms with Crippen LogP contribution in [0.3, 0.4) is 0 Å². The molecule has 0 atom stereocenters. The number of nitrogens with one attached hydrogen (secondary N) is 1. The topological polar surface area (TPSA) is 52.7 Å². The van der Waals surface area contributed by atoms with Crippen molar-refractivity contribution < 1.29 is 9.59 Å². The lowest BCUT2D eigenvalue weighted by Crippen LogP contribution is -2.55. The summed E-state index contributed by atoms with van der Waals surface area (Å²) in [6.45, 7) is 4.58. The number of nitrogens with zero attached hydrogens (tertiary/aromatic N) is 2. The molecule has 1 N–H and O–H groups in total. The Kier molecular flexibility index (Phi) is 6.83. The maximum absolute atomic E-state index is 12.5. The Balaban J connectivity index is 1.40. The van der Waals surface area contributed by atoms with E-state index in [0.717, 1.165) is 17.7 Å². The van der Waals surface area contributed by atoms with Crippen LogP contribution in [0.1, 0.15) is 37.7 Å². The molecular weight excluding hydrogens is 346 g/mol. The average molecular weight is 376 g/mol. The van der Waals surface area contributed by atoms with Gasteiger partial charge in [-0.3, -0.25) is 4.79 Å². The van der Waals surface area contributed by atoms with Crippen LogP contribution in [0.5, 0.6) is 0 Å². The molecule has 1 heterocycles. The van der Waals surface area contributed by atoms with E-state index < -0.39 is 0 Å². The number of thioether (sulfide) groups is 1. The Bertz CT molecular complexity index is 623. The zero-order chi connectivity index (χ0) is 18.4. The van der Waals surface area contributed by atoms with Gasteiger partial charge in [0.2, 0.25) is 5.91 Å². The third-order valence-corrected chi connectivity index (χ3v) is 6.46. The number of urea groups is 1. The second kappa shape index (κ2) is 9.31. The Morgan fingerprint density at radius 2 is 1.69 bits per heavy atom. The molecule has 0 radical (unpaired) electrons. The van der Waals surface area contributed by atoms with Crippen LogP contribution < -0.4 is 5.32 Å². The van der Waals surface area contributed by atoms with Gasteiger partial charge in [-0.1, -0.05) is 37.5 Å². The van der Waals surface area contributed by atoms with Crippen LogP contribution in [0.4, 0.5) is 4.79 Å². The molecule has 2 fully saturated rings. The van der Waals surface area contributed by atoms with Crippen molar-refractivity contribution in [1.29, 1.82) is 0 Å². The van der Waals surface area contributed by atoms with Crippen molar-refractivity contribution in [3.63, 3.8) is 0 Å². The molecule has 0 bridgehead atoms. The number of rotatable bonds is 4. The molecule has 0 unspecified atom stereocenters. The lowest BCUT2D eigenvalue weighted by atomic mass is 9.96. The van der Waals surface area contributed by atoms with Crippen LogP contribution in [-0.2, 0) is 4.79 Å². The van der Waals surface area contributed by atoms with E-state index in [1.54, 1.807) is 11.8 Å². The van der Waals surface area contributed by atoms with Crippen molar-refractivity contribution >= 4 is 23.7 Å². The van der Waals surface area contributed by atoms with Gasteiger partial charge in [0.1, 0.15) is 0 Å². The number of hydrogen-bond acceptors (Lipinski definition) is 3. The van der Waals surface area contributed by atoms with Crippen LogP contribution in [0.2, 0.25) is 0 Å². The minimum absolute atomic E-state index is 0.0401. The summed E-state index contributed by atoms with van der Waals surface area (Å²) in [6, 6.07) is 8.51. The maximum atomic E-state index is 12.5. The zero-order valence-electron chi connectivity index (χ0n) is 15.6. The normalized spacial score (nSPS) is 18.7. The Hall–Kier alpha value is -1.69. The summed E-state index contributed by atoms with van der Waals surface area (Å²) in [5, 5.41) is 3.16. The highest BCUT2D eigenvalue weighted by molar-refractivity contribution is 8.00. The smallest absolute Gasteiger partial charge is 0.317 e. The first-order valence-corrected chi connectivity index (χ1v) is 10.6. The molecule has 2 aliphatic rings. The number of carbonyl (C=O) groups is 2. The molecule has 26 heavy (non-hydrogen) atoms. The molecule has 1 saturated heterocycles. The van der Waals surface area contributed by atoms with E-state index in [-0.39, 0.29) is 11.9 Å². The fourth-order valence-corrected chi connectivity index (χ4v) is 4.55. The number of piperazine rings is 1. The highest BCUT2D eigenvalue weighted by atomic mass is 32.2. The molecule has 1 aromatic carbocycles. The van der Waals surface area contributed by atoms with Crippen LogP contribution in [0.25, 0.3) is 0 Å². The van der Waals surface area contributed by atoms with E-state index in [2.05, 4.69) is 24.4 Å². The van der Waals surface area contributed by atoms with Gasteiger partial charge in [0.05, 0.1) is 5.75 Å². The minimum Gasteiger partial charge on any atom is -0.338 e. The lowest BCUT2D eigenvalue weighted by molar-refractivity contribution is -0.129. The van der Waals surface area contributed by atoms with Gasteiger partial charge < -0.3 is 15.1 Å². The monoisotopic (exact) mass is 375 g/mol. The number of carbonyl (C=O) groups excluding carboxylic acids is 2. The second-order valence-electron chi connectivity index (χ2n) is 7.21. The van der Waals surface area contributed by atoms with E-state index in [0.29, 0.717) is 38.0 Å². The van der Waals surface area contributed by atoms with Gasteiger partial charge in [-0.25, -0.2) is 4.79 Å². The van der Waals surface area contributed by atoms with Gasteiger partial charge in [0.15, 0.2) is 0 Å². The van der Waals surface area contributed by atoms with Gasteiger partial charge in [-0.05, 0) is 31.4 Å². The van der Waals surface area contributed by atoms with E-state index in [1.807, 2.05) is 21.9 Å². The quantitative estimate of drug-likeness (QED) is 0.822. The van der Waals surface area contributed by atoms with Gasteiger partial charge >= 0.3 is 6.03 Å². The standard InChI is InChI=1S/C20H29N3O2S/c1-16-7-5-6-10-18(16)26-15-19(24)22-11-13-23(14-12-22)20(25)21-17-8-3-2-4-9-17/h5-7,10,17H,2-4,8-9,11-15H2,1H3,(H,21,25). The third kappa shape index (κ3) is 5.16. The van der Waals surface area contributed by atoms with Crippen LogP contribution in [-0.4, -0.2) is 59.7 Å². The number of amides is 3. The molecule has 1 aromatic rings. The SMILES string of the molecule is Cc1ccccc1SCC(=O)N1CCN(C(=O)NC2CCCCC2)CC1. The molecule has 3 rings (SSSR count). The molecule has 5 nitrogen and oxygen atoms in total. The van der Waals surface area contributed by atoms with Gasteiger partial charge in [-0.15, -0.1) is 11.8 Å². The third-order valence-electron chi connectivity index (χ3n) is 5.30. The minimum atomic E-state index is 0.0401. The van der Waals surface area contributed by atoms with Crippen molar-refractivity contribution in [2.45, 2.75) is 50.0 Å². The first kappa shape index (κ1) is 19.1. The highest BCUT2D eigenvalue weighted by Gasteiger charge is 2.25. The fraction of sp³-hybridized carbons (Fsp3) is 0.600. The van der Waals surface area contributed by atoms with Crippen LogP contribution in [0.15, 0.2) is 29.2 Å². The maximum Gasteiger partial charge on any atom is 0.317 e. The summed E-state index contributed by atoms with van der Waals surface area (Å²) in [6.07, 6.45) is 5.91. The van der Waals surface area contributed by atoms with Crippen LogP contribution in [0, 0.1) is 6.92 Å². The number of aryl methyl sites for hydroxylation is 1. The molecular formula is C20H29N3O2S. The molecule has 6 heteroatoms. The molecule has 142 valence electrons. The average Bonchev–Trinajstić information content (AvgIpc) is 2.68. The summed E-state index contributed by atoms with van der Waals surface area (Å²) in [5.74, 6) is 0.615. The fourth-order valence-electron chi connectivity index (χ4n) is 3.62. The summed E-state index contributed by atoms with van der Waals surface area (Å²) in [4.78, 5) is 29.8. The van der Waals surface area contributed by atoms with Crippen molar-refractivity contribution in [3.05, 3.63) is 29.8 Å². The van der Waals surface area contributed by atoms with Crippen molar-refractivity contribution in [1.82, 2.24) is 15.1 Å². The number of hydrogen-bond donors (Lipinski definition) is 1. The van der Waals surface area contributed by atoms with Crippen molar-refractivity contribution in [2.75, 3.05) is 31.9 Å². The Labute approximate surface area is 160 Å². The van der Waals surface area contributed by atoms with Crippen molar-refractivity contribution in [2.24, 2.45) is 0 Å². The first-order valence-electron chi connectivity index (χ1n) is 9.65. The predicted molar refractivity (Wildman–Crippen MR) is 105 cm³/mol. The molecule has 0 aromatic heterocycles. The lowest BCUT2D eigenvalue weighted by Gasteiger charge is -2.36. The first-order chi connectivity index (χ1) is 12.6. The Morgan fingerprint density at radius 3 is 2.38 bits per heavy atom. The Morgan fingerprint density at radius 1 is 1.04 bits per heavy atom. The largest absolute Gasteiger partial charge is 0.338 e. The number of benzene rings is 1. The molecule has 3 amide bonds. The summed E-state index contributed by atoms with van der Waals surface area (Å²) in [5.41, 5.74) is 1.20. The summed E-state index contributed by atoms with van der Waals surface area (Å²) < 4.78 is 0. The summed E-state index contributed by atoms with van der Waals surface area (Å²) >= 11 is 1.60. The summed E-state index contributed by atoms with van der Waals surface area (Å²) in [7, 11) is 0. The second-order valence-corrected chi connectivity index (χ2v) is 8.22. The molecule has 1 saturated carbocycles. The zero-order valence-corrected chi connectivity index (χ0v) is 16.4. The molecule has 1 aliphatic carbocycles. The molecule has 0 spiro atoms. The highest BCUT2D eigenvalue weighted by Crippen LogP contribution is 2.22. The van der Waals surface area contributed by atoms with Crippen LogP contribution >= 0.6 is 11.8 Å². The van der Waals surface area contributed by atoms with E-state index in [9.17, 15) is 9.59 Å².